The summed E-state index contributed by atoms with van der Waals surface area (Å²) in [7, 11) is 3.31. The van der Waals surface area contributed by atoms with Crippen molar-refractivity contribution < 1.29 is 9.53 Å². The Bertz CT molecular complexity index is 385. The minimum atomic E-state index is -0.203. The molecule has 1 amide bonds. The summed E-state index contributed by atoms with van der Waals surface area (Å²) >= 11 is 6.01. The molecule has 0 aliphatic carbocycles. The molecule has 0 aromatic carbocycles. The standard InChI is InChI=1S/C12H17ClN2O2/c1-9-11(5-4-6-14-9)12(16)15(2)7-10(13)8-17-3/h4-6,10H,7-8H2,1-3H3. The summed E-state index contributed by atoms with van der Waals surface area (Å²) in [6.45, 7) is 2.68. The summed E-state index contributed by atoms with van der Waals surface area (Å²) in [6, 6.07) is 3.52. The summed E-state index contributed by atoms with van der Waals surface area (Å²) in [5.41, 5.74) is 1.33. The second-order valence-corrected chi connectivity index (χ2v) is 4.49. The first-order valence-corrected chi connectivity index (χ1v) is 5.80. The number of carbonyl (C=O) groups is 1. The van der Waals surface area contributed by atoms with Crippen LogP contribution in [0.15, 0.2) is 18.3 Å². The molecule has 94 valence electrons. The van der Waals surface area contributed by atoms with Crippen molar-refractivity contribution in [3.8, 4) is 0 Å². The van der Waals surface area contributed by atoms with Crippen molar-refractivity contribution >= 4 is 17.5 Å². The number of pyridine rings is 1. The number of ether oxygens (including phenoxy) is 1. The van der Waals surface area contributed by atoms with E-state index in [0.717, 1.165) is 5.69 Å². The van der Waals surface area contributed by atoms with Crippen LogP contribution in [0.1, 0.15) is 16.1 Å². The van der Waals surface area contributed by atoms with E-state index in [9.17, 15) is 4.79 Å². The first-order valence-electron chi connectivity index (χ1n) is 5.36. The average Bonchev–Trinajstić information content (AvgIpc) is 2.29. The Kier molecular flexibility index (Phi) is 5.38. The molecule has 4 nitrogen and oxygen atoms in total. The number of methoxy groups -OCH3 is 1. The Morgan fingerprint density at radius 2 is 2.35 bits per heavy atom. The van der Waals surface area contributed by atoms with Gasteiger partial charge in [-0.3, -0.25) is 9.78 Å². The van der Waals surface area contributed by atoms with Crippen LogP contribution in [0.4, 0.5) is 0 Å². The lowest BCUT2D eigenvalue weighted by molar-refractivity contribution is 0.0780. The number of hydrogen-bond donors (Lipinski definition) is 0. The molecule has 1 heterocycles. The monoisotopic (exact) mass is 256 g/mol. The number of carbonyl (C=O) groups excluding carboxylic acids is 1. The highest BCUT2D eigenvalue weighted by atomic mass is 35.5. The van der Waals surface area contributed by atoms with Gasteiger partial charge in [0, 0.05) is 32.6 Å². The predicted molar refractivity (Wildman–Crippen MR) is 67.5 cm³/mol. The summed E-state index contributed by atoms with van der Waals surface area (Å²) in [4.78, 5) is 17.8. The molecule has 0 radical (unpaired) electrons. The van der Waals surface area contributed by atoms with E-state index in [4.69, 9.17) is 16.3 Å². The third-order valence-electron chi connectivity index (χ3n) is 2.40. The zero-order valence-corrected chi connectivity index (χ0v) is 11.1. The first kappa shape index (κ1) is 13.9. The van der Waals surface area contributed by atoms with Crippen molar-refractivity contribution in [2.45, 2.75) is 12.3 Å². The van der Waals surface area contributed by atoms with E-state index < -0.39 is 0 Å². The molecule has 0 N–H and O–H groups in total. The molecule has 17 heavy (non-hydrogen) atoms. The van der Waals surface area contributed by atoms with E-state index in [2.05, 4.69) is 4.98 Å². The second kappa shape index (κ2) is 6.57. The fourth-order valence-corrected chi connectivity index (χ4v) is 1.86. The molecule has 1 aromatic heterocycles. The van der Waals surface area contributed by atoms with E-state index in [0.29, 0.717) is 18.7 Å². The fourth-order valence-electron chi connectivity index (χ4n) is 1.53. The molecule has 1 rings (SSSR count). The number of rotatable bonds is 5. The smallest absolute Gasteiger partial charge is 0.255 e. The number of halogens is 1. The Morgan fingerprint density at radius 3 is 2.94 bits per heavy atom. The second-order valence-electron chi connectivity index (χ2n) is 3.87. The molecule has 1 atom stereocenters. The summed E-state index contributed by atoms with van der Waals surface area (Å²) < 4.78 is 4.93. The number of aromatic nitrogens is 1. The van der Waals surface area contributed by atoms with Gasteiger partial charge in [0.1, 0.15) is 0 Å². The van der Waals surface area contributed by atoms with Gasteiger partial charge in [-0.25, -0.2) is 0 Å². The zero-order valence-electron chi connectivity index (χ0n) is 10.3. The SMILES string of the molecule is COCC(Cl)CN(C)C(=O)c1cccnc1C. The number of alkyl halides is 1. The maximum absolute atomic E-state index is 12.1. The summed E-state index contributed by atoms with van der Waals surface area (Å²) in [5.74, 6) is -0.0719. The van der Waals surface area contributed by atoms with E-state index in [1.807, 2.05) is 6.92 Å². The summed E-state index contributed by atoms with van der Waals surface area (Å²) in [5, 5.41) is -0.203. The van der Waals surface area contributed by atoms with Crippen LogP contribution in [-0.2, 0) is 4.74 Å². The molecule has 0 aliphatic heterocycles. The van der Waals surface area contributed by atoms with Crippen LogP contribution in [0.25, 0.3) is 0 Å². The van der Waals surface area contributed by atoms with Gasteiger partial charge in [-0.05, 0) is 19.1 Å². The van der Waals surface area contributed by atoms with Crippen LogP contribution in [0.2, 0.25) is 0 Å². The van der Waals surface area contributed by atoms with Crippen LogP contribution < -0.4 is 0 Å². The van der Waals surface area contributed by atoms with Gasteiger partial charge in [0.2, 0.25) is 0 Å². The molecule has 1 aromatic rings. The first-order chi connectivity index (χ1) is 8.06. The van der Waals surface area contributed by atoms with Gasteiger partial charge in [-0.2, -0.15) is 0 Å². The van der Waals surface area contributed by atoms with E-state index in [-0.39, 0.29) is 11.3 Å². The highest BCUT2D eigenvalue weighted by Gasteiger charge is 2.17. The number of aryl methyl sites for hydroxylation is 1. The van der Waals surface area contributed by atoms with Crippen LogP contribution in [0.5, 0.6) is 0 Å². The normalized spacial score (nSPS) is 12.2. The Balaban J connectivity index is 2.67. The maximum atomic E-state index is 12.1. The predicted octanol–water partition coefficient (Wildman–Crippen LogP) is 1.72. The van der Waals surface area contributed by atoms with Gasteiger partial charge in [0.15, 0.2) is 0 Å². The molecular weight excluding hydrogens is 240 g/mol. The molecule has 0 spiro atoms. The lowest BCUT2D eigenvalue weighted by Crippen LogP contribution is -2.34. The number of nitrogens with zero attached hydrogens (tertiary/aromatic N) is 2. The maximum Gasteiger partial charge on any atom is 0.255 e. The van der Waals surface area contributed by atoms with Crippen LogP contribution in [0.3, 0.4) is 0 Å². The van der Waals surface area contributed by atoms with Gasteiger partial charge in [-0.15, -0.1) is 11.6 Å². The van der Waals surface area contributed by atoms with E-state index in [1.54, 1.807) is 37.4 Å². The lowest BCUT2D eigenvalue weighted by Gasteiger charge is -2.20. The Hall–Kier alpha value is -1.13. The van der Waals surface area contributed by atoms with Crippen LogP contribution >= 0.6 is 11.6 Å². The Labute approximate surface area is 107 Å². The van der Waals surface area contributed by atoms with Crippen molar-refractivity contribution in [2.24, 2.45) is 0 Å². The number of amides is 1. The number of hydrogen-bond acceptors (Lipinski definition) is 3. The van der Waals surface area contributed by atoms with Crippen molar-refractivity contribution in [3.05, 3.63) is 29.6 Å². The van der Waals surface area contributed by atoms with Crippen molar-refractivity contribution in [1.82, 2.24) is 9.88 Å². The molecule has 0 bridgehead atoms. The highest BCUT2D eigenvalue weighted by Crippen LogP contribution is 2.09. The van der Waals surface area contributed by atoms with Crippen molar-refractivity contribution in [1.29, 1.82) is 0 Å². The third-order valence-corrected chi connectivity index (χ3v) is 2.67. The zero-order chi connectivity index (χ0) is 12.8. The largest absolute Gasteiger partial charge is 0.383 e. The van der Waals surface area contributed by atoms with E-state index >= 15 is 0 Å². The van der Waals surface area contributed by atoms with Crippen molar-refractivity contribution in [3.63, 3.8) is 0 Å². The van der Waals surface area contributed by atoms with Gasteiger partial charge in [0.05, 0.1) is 17.5 Å². The van der Waals surface area contributed by atoms with Gasteiger partial charge < -0.3 is 9.64 Å². The average molecular weight is 257 g/mol. The van der Waals surface area contributed by atoms with Crippen LogP contribution in [0, 0.1) is 6.92 Å². The minimum absolute atomic E-state index is 0.0719. The topological polar surface area (TPSA) is 42.4 Å². The molecule has 1 unspecified atom stereocenters. The molecular formula is C12H17ClN2O2. The highest BCUT2D eigenvalue weighted by molar-refractivity contribution is 6.21. The van der Waals surface area contributed by atoms with Gasteiger partial charge >= 0.3 is 0 Å². The van der Waals surface area contributed by atoms with Crippen LogP contribution in [-0.4, -0.2) is 48.5 Å². The van der Waals surface area contributed by atoms with Crippen molar-refractivity contribution in [2.75, 3.05) is 27.3 Å². The fraction of sp³-hybridized carbons (Fsp3) is 0.500. The minimum Gasteiger partial charge on any atom is -0.383 e. The Morgan fingerprint density at radius 1 is 1.65 bits per heavy atom. The van der Waals surface area contributed by atoms with Gasteiger partial charge in [-0.1, -0.05) is 0 Å². The van der Waals surface area contributed by atoms with E-state index in [1.165, 1.54) is 0 Å². The molecule has 5 heteroatoms. The quantitative estimate of drug-likeness (QED) is 0.754. The molecule has 0 saturated carbocycles. The molecule has 0 aliphatic rings. The lowest BCUT2D eigenvalue weighted by atomic mass is 10.2. The van der Waals surface area contributed by atoms with Gasteiger partial charge in [0.25, 0.3) is 5.91 Å². The summed E-state index contributed by atoms with van der Waals surface area (Å²) in [6.07, 6.45) is 1.67. The molecule has 0 fully saturated rings. The third kappa shape index (κ3) is 3.98. The molecule has 0 saturated heterocycles.